The average Bonchev–Trinajstić information content (AvgIpc) is 2.83. The molecule has 1 amide bonds. The van der Waals surface area contributed by atoms with Gasteiger partial charge in [-0.15, -0.1) is 0 Å². The monoisotopic (exact) mass is 300 g/mol. The van der Waals surface area contributed by atoms with Gasteiger partial charge in [0.15, 0.2) is 0 Å². The summed E-state index contributed by atoms with van der Waals surface area (Å²) in [6, 6.07) is 8.18. The van der Waals surface area contributed by atoms with Crippen molar-refractivity contribution in [1.29, 1.82) is 0 Å². The number of carbonyl (C=O) groups is 1. The highest BCUT2D eigenvalue weighted by Gasteiger charge is 2.25. The molecule has 0 aliphatic carbocycles. The zero-order valence-electron chi connectivity index (χ0n) is 13.3. The van der Waals surface area contributed by atoms with Gasteiger partial charge in [0.05, 0.1) is 11.0 Å². The molecule has 1 fully saturated rings. The van der Waals surface area contributed by atoms with Gasteiger partial charge in [0.1, 0.15) is 12.4 Å². The van der Waals surface area contributed by atoms with E-state index in [9.17, 15) is 4.79 Å². The molecule has 118 valence electrons. The minimum Gasteiger partial charge on any atom is -0.341 e. The molecule has 0 radical (unpaired) electrons. The van der Waals surface area contributed by atoms with Gasteiger partial charge in [0, 0.05) is 19.1 Å². The molecular formula is C17H24N4O. The van der Waals surface area contributed by atoms with Crippen molar-refractivity contribution in [1.82, 2.24) is 14.5 Å². The molecule has 1 aliphatic heterocycles. The van der Waals surface area contributed by atoms with E-state index < -0.39 is 0 Å². The molecule has 1 aromatic carbocycles. The second-order valence-electron chi connectivity index (χ2n) is 6.31. The number of para-hydroxylation sites is 2. The first-order valence-corrected chi connectivity index (χ1v) is 8.01. The van der Waals surface area contributed by atoms with Crippen LogP contribution >= 0.6 is 0 Å². The van der Waals surface area contributed by atoms with E-state index in [-0.39, 0.29) is 11.9 Å². The molecule has 5 heteroatoms. The number of benzene rings is 1. The van der Waals surface area contributed by atoms with E-state index >= 15 is 0 Å². The van der Waals surface area contributed by atoms with Crippen LogP contribution in [0.3, 0.4) is 0 Å². The van der Waals surface area contributed by atoms with Gasteiger partial charge < -0.3 is 15.2 Å². The SMILES string of the molecule is Cc1nc2ccccc2n1CC(=O)N1CCC(C(C)N)CC1. The van der Waals surface area contributed by atoms with Crippen LogP contribution in [0.5, 0.6) is 0 Å². The van der Waals surface area contributed by atoms with Gasteiger partial charge in [-0.1, -0.05) is 12.1 Å². The predicted octanol–water partition coefficient (Wildman–Crippen LogP) is 1.93. The largest absolute Gasteiger partial charge is 0.341 e. The Balaban J connectivity index is 1.70. The number of imidazole rings is 1. The summed E-state index contributed by atoms with van der Waals surface area (Å²) in [5, 5.41) is 0. The predicted molar refractivity (Wildman–Crippen MR) is 87.4 cm³/mol. The quantitative estimate of drug-likeness (QED) is 0.942. The molecule has 1 atom stereocenters. The zero-order valence-corrected chi connectivity index (χ0v) is 13.3. The van der Waals surface area contributed by atoms with E-state index in [2.05, 4.69) is 11.9 Å². The Morgan fingerprint density at radius 3 is 2.73 bits per heavy atom. The van der Waals surface area contributed by atoms with E-state index in [1.165, 1.54) is 0 Å². The standard InChI is InChI=1S/C17H24N4O/c1-12(18)14-7-9-20(10-8-14)17(22)11-21-13(2)19-15-5-3-4-6-16(15)21/h3-6,12,14H,7-11,18H2,1-2H3. The molecule has 0 saturated carbocycles. The number of piperidine rings is 1. The van der Waals surface area contributed by atoms with Crippen molar-refractivity contribution in [3.63, 3.8) is 0 Å². The van der Waals surface area contributed by atoms with Crippen LogP contribution in [0.15, 0.2) is 24.3 Å². The fraction of sp³-hybridized carbons (Fsp3) is 0.529. The first-order chi connectivity index (χ1) is 10.6. The first-order valence-electron chi connectivity index (χ1n) is 8.01. The van der Waals surface area contributed by atoms with Crippen molar-refractivity contribution in [2.75, 3.05) is 13.1 Å². The highest BCUT2D eigenvalue weighted by Crippen LogP contribution is 2.21. The van der Waals surface area contributed by atoms with E-state index in [1.807, 2.05) is 40.7 Å². The van der Waals surface area contributed by atoms with Crippen LogP contribution in [0.2, 0.25) is 0 Å². The summed E-state index contributed by atoms with van der Waals surface area (Å²) < 4.78 is 2.01. The highest BCUT2D eigenvalue weighted by atomic mass is 16.2. The normalized spacial score (nSPS) is 17.9. The number of nitrogens with two attached hydrogens (primary N) is 1. The van der Waals surface area contributed by atoms with Gasteiger partial charge in [-0.2, -0.15) is 0 Å². The van der Waals surface area contributed by atoms with Crippen molar-refractivity contribution in [3.05, 3.63) is 30.1 Å². The second-order valence-corrected chi connectivity index (χ2v) is 6.31. The molecule has 2 aromatic rings. The number of fused-ring (bicyclic) bond motifs is 1. The topological polar surface area (TPSA) is 64.2 Å². The van der Waals surface area contributed by atoms with Gasteiger partial charge in [0.2, 0.25) is 5.91 Å². The van der Waals surface area contributed by atoms with Gasteiger partial charge in [-0.25, -0.2) is 4.98 Å². The van der Waals surface area contributed by atoms with Gasteiger partial charge >= 0.3 is 0 Å². The van der Waals surface area contributed by atoms with Crippen molar-refractivity contribution in [2.24, 2.45) is 11.7 Å². The third kappa shape index (κ3) is 2.86. The van der Waals surface area contributed by atoms with Crippen LogP contribution in [0.4, 0.5) is 0 Å². The number of rotatable bonds is 3. The van der Waals surface area contributed by atoms with Crippen LogP contribution in [0.25, 0.3) is 11.0 Å². The molecule has 2 N–H and O–H groups in total. The van der Waals surface area contributed by atoms with Gasteiger partial charge in [-0.05, 0) is 44.7 Å². The van der Waals surface area contributed by atoms with E-state index in [0.717, 1.165) is 42.8 Å². The van der Waals surface area contributed by atoms with Crippen LogP contribution in [0, 0.1) is 12.8 Å². The second kappa shape index (κ2) is 6.08. The Morgan fingerprint density at radius 2 is 2.05 bits per heavy atom. The number of hydrogen-bond donors (Lipinski definition) is 1. The summed E-state index contributed by atoms with van der Waals surface area (Å²) in [6.07, 6.45) is 2.01. The first kappa shape index (κ1) is 15.0. The van der Waals surface area contributed by atoms with Crippen molar-refractivity contribution >= 4 is 16.9 Å². The lowest BCUT2D eigenvalue weighted by Gasteiger charge is -2.33. The number of nitrogens with zero attached hydrogens (tertiary/aromatic N) is 3. The summed E-state index contributed by atoms with van der Waals surface area (Å²) in [5.74, 6) is 1.61. The maximum absolute atomic E-state index is 12.6. The summed E-state index contributed by atoms with van der Waals surface area (Å²) in [6.45, 7) is 6.02. The Morgan fingerprint density at radius 1 is 1.36 bits per heavy atom. The molecule has 1 saturated heterocycles. The van der Waals surface area contributed by atoms with Crippen molar-refractivity contribution in [2.45, 2.75) is 39.3 Å². The number of likely N-dealkylation sites (tertiary alicyclic amines) is 1. The molecule has 22 heavy (non-hydrogen) atoms. The molecular weight excluding hydrogens is 276 g/mol. The van der Waals surface area contributed by atoms with Gasteiger partial charge in [0.25, 0.3) is 0 Å². The Hall–Kier alpha value is -1.88. The highest BCUT2D eigenvalue weighted by molar-refractivity contribution is 5.81. The molecule has 5 nitrogen and oxygen atoms in total. The molecule has 0 bridgehead atoms. The number of hydrogen-bond acceptors (Lipinski definition) is 3. The molecule has 2 heterocycles. The van der Waals surface area contributed by atoms with E-state index in [0.29, 0.717) is 12.5 Å². The fourth-order valence-corrected chi connectivity index (χ4v) is 3.31. The van der Waals surface area contributed by atoms with Crippen LogP contribution in [-0.4, -0.2) is 39.5 Å². The lowest BCUT2D eigenvalue weighted by molar-refractivity contribution is -0.133. The average molecular weight is 300 g/mol. The Bertz CT molecular complexity index is 668. The van der Waals surface area contributed by atoms with Crippen LogP contribution in [-0.2, 0) is 11.3 Å². The lowest BCUT2D eigenvalue weighted by atomic mass is 9.91. The Labute approximate surface area is 131 Å². The summed E-state index contributed by atoms with van der Waals surface area (Å²) in [5.41, 5.74) is 7.94. The van der Waals surface area contributed by atoms with Crippen LogP contribution in [0.1, 0.15) is 25.6 Å². The Kier molecular flexibility index (Phi) is 4.16. The van der Waals surface area contributed by atoms with E-state index in [4.69, 9.17) is 5.73 Å². The third-order valence-corrected chi connectivity index (χ3v) is 4.77. The van der Waals surface area contributed by atoms with Crippen molar-refractivity contribution < 1.29 is 4.79 Å². The minimum atomic E-state index is 0.175. The lowest BCUT2D eigenvalue weighted by Crippen LogP contribution is -2.43. The summed E-state index contributed by atoms with van der Waals surface area (Å²) in [7, 11) is 0. The third-order valence-electron chi connectivity index (χ3n) is 4.77. The minimum absolute atomic E-state index is 0.175. The fourth-order valence-electron chi connectivity index (χ4n) is 3.31. The molecule has 1 unspecified atom stereocenters. The molecule has 1 aliphatic rings. The smallest absolute Gasteiger partial charge is 0.242 e. The molecule has 1 aromatic heterocycles. The molecule has 3 rings (SSSR count). The number of amides is 1. The van der Waals surface area contributed by atoms with Crippen molar-refractivity contribution in [3.8, 4) is 0 Å². The maximum atomic E-state index is 12.6. The summed E-state index contributed by atoms with van der Waals surface area (Å²) >= 11 is 0. The van der Waals surface area contributed by atoms with Crippen LogP contribution < -0.4 is 5.73 Å². The van der Waals surface area contributed by atoms with E-state index in [1.54, 1.807) is 0 Å². The van der Waals surface area contributed by atoms with Gasteiger partial charge in [-0.3, -0.25) is 4.79 Å². The number of aromatic nitrogens is 2. The number of aryl methyl sites for hydroxylation is 1. The summed E-state index contributed by atoms with van der Waals surface area (Å²) in [4.78, 5) is 19.1. The maximum Gasteiger partial charge on any atom is 0.242 e. The zero-order chi connectivity index (χ0) is 15.7. The molecule has 0 spiro atoms. The number of carbonyl (C=O) groups excluding carboxylic acids is 1.